The highest BCUT2D eigenvalue weighted by molar-refractivity contribution is 14.1. The van der Waals surface area contributed by atoms with E-state index in [1.807, 2.05) is 42.5 Å². The molecule has 178 valence electrons. The molecular weight excluding hydrogens is 565 g/mol. The Hall–Kier alpha value is -2.47. The molecule has 1 amide bonds. The van der Waals surface area contributed by atoms with E-state index < -0.39 is 0 Å². The van der Waals surface area contributed by atoms with Crippen LogP contribution >= 0.6 is 34.2 Å². The number of anilines is 2. The van der Waals surface area contributed by atoms with Gasteiger partial charge in [-0.3, -0.25) is 9.69 Å². The lowest BCUT2D eigenvalue weighted by molar-refractivity contribution is 0.0921. The van der Waals surface area contributed by atoms with Gasteiger partial charge in [0.2, 0.25) is 0 Å². The lowest BCUT2D eigenvalue weighted by Gasteiger charge is -2.39. The van der Waals surface area contributed by atoms with Crippen molar-refractivity contribution in [3.8, 4) is 0 Å². The maximum Gasteiger partial charge on any atom is 0.273 e. The molecule has 10 heteroatoms. The molecular formula is C24H27ClIN7O. The molecule has 2 aromatic carbocycles. The number of nitrogens with two attached hydrogens (primary N) is 1. The van der Waals surface area contributed by atoms with Crippen molar-refractivity contribution < 1.29 is 4.79 Å². The van der Waals surface area contributed by atoms with Gasteiger partial charge in [0.1, 0.15) is 0 Å². The molecule has 0 radical (unpaired) electrons. The molecule has 1 saturated heterocycles. The van der Waals surface area contributed by atoms with E-state index in [9.17, 15) is 4.79 Å². The van der Waals surface area contributed by atoms with Crippen LogP contribution in [0.25, 0.3) is 0 Å². The zero-order chi connectivity index (χ0) is 23.9. The summed E-state index contributed by atoms with van der Waals surface area (Å²) >= 11 is 8.51. The molecule has 5 N–H and O–H groups in total. The molecule has 4 rings (SSSR count). The second kappa shape index (κ2) is 11.8. The Labute approximate surface area is 217 Å². The molecule has 0 saturated carbocycles. The third-order valence-electron chi connectivity index (χ3n) is 5.58. The van der Waals surface area contributed by atoms with E-state index in [0.29, 0.717) is 24.9 Å². The number of amides is 1. The highest BCUT2D eigenvalue weighted by Crippen LogP contribution is 2.21. The number of carbonyl (C=O) groups is 1. The lowest BCUT2D eigenvalue weighted by Crippen LogP contribution is -2.58. The smallest absolute Gasteiger partial charge is 0.273 e. The van der Waals surface area contributed by atoms with Crippen molar-refractivity contribution in [2.45, 2.75) is 19.1 Å². The molecule has 34 heavy (non-hydrogen) atoms. The van der Waals surface area contributed by atoms with Gasteiger partial charge in [0, 0.05) is 48.9 Å². The number of aromatic nitrogens is 2. The molecule has 8 nitrogen and oxygen atoms in total. The summed E-state index contributed by atoms with van der Waals surface area (Å²) in [6.45, 7) is 4.55. The number of rotatable bonds is 10. The highest BCUT2D eigenvalue weighted by Gasteiger charge is 2.26. The van der Waals surface area contributed by atoms with Crippen LogP contribution in [0.1, 0.15) is 21.6 Å². The van der Waals surface area contributed by atoms with Crippen LogP contribution in [0.4, 0.5) is 11.6 Å². The van der Waals surface area contributed by atoms with Crippen molar-refractivity contribution in [3.63, 3.8) is 0 Å². The minimum absolute atomic E-state index is 0.0378. The van der Waals surface area contributed by atoms with E-state index in [1.54, 1.807) is 0 Å². The van der Waals surface area contributed by atoms with Crippen LogP contribution in [0.2, 0.25) is 5.15 Å². The summed E-state index contributed by atoms with van der Waals surface area (Å²) in [4.78, 5) is 23.2. The minimum Gasteiger partial charge on any atom is -0.382 e. The van der Waals surface area contributed by atoms with E-state index in [2.05, 4.69) is 65.5 Å². The minimum atomic E-state index is -0.379. The van der Waals surface area contributed by atoms with Crippen LogP contribution in [0.15, 0.2) is 54.6 Å². The predicted octanol–water partition coefficient (Wildman–Crippen LogP) is 3.13. The standard InChI is InChI=1S/C24H27ClIN7O/c25-21-23(30-13-17-6-8-18(26)9-7-17)32-22(27)20(31-21)24(34)28-10-11-33-14-19(15-33)29-12-16-4-2-1-3-5-16/h1-9,19,29H,10-15H2,(H,28,34)(H3,27,30,32). The zero-order valence-electron chi connectivity index (χ0n) is 18.6. The van der Waals surface area contributed by atoms with E-state index in [-0.39, 0.29) is 22.6 Å². The van der Waals surface area contributed by atoms with Gasteiger partial charge >= 0.3 is 0 Å². The summed E-state index contributed by atoms with van der Waals surface area (Å²) in [5.74, 6) is 0.0142. The first-order valence-electron chi connectivity index (χ1n) is 11.1. The zero-order valence-corrected chi connectivity index (χ0v) is 21.5. The number of nitrogens with one attached hydrogen (secondary N) is 3. The molecule has 0 aliphatic carbocycles. The van der Waals surface area contributed by atoms with Crippen LogP contribution in [0.5, 0.6) is 0 Å². The van der Waals surface area contributed by atoms with Gasteiger partial charge in [0.05, 0.1) is 0 Å². The van der Waals surface area contributed by atoms with Crippen LogP contribution in [-0.2, 0) is 13.1 Å². The number of nitrogens with zero attached hydrogens (tertiary/aromatic N) is 3. The van der Waals surface area contributed by atoms with Crippen molar-refractivity contribution >= 4 is 51.7 Å². The lowest BCUT2D eigenvalue weighted by atomic mass is 10.1. The average molecular weight is 592 g/mol. The third-order valence-corrected chi connectivity index (χ3v) is 6.56. The largest absolute Gasteiger partial charge is 0.382 e. The Morgan fingerprint density at radius 1 is 1.06 bits per heavy atom. The van der Waals surface area contributed by atoms with Crippen molar-refractivity contribution in [1.82, 2.24) is 25.5 Å². The topological polar surface area (TPSA) is 108 Å². The SMILES string of the molecule is Nc1nc(NCc2ccc(I)cc2)c(Cl)nc1C(=O)NCCN1CC(NCc2ccccc2)C1. The summed E-state index contributed by atoms with van der Waals surface area (Å²) in [6, 6.07) is 18.9. The fraction of sp³-hybridized carbons (Fsp3) is 0.292. The molecule has 1 aliphatic heterocycles. The molecule has 0 spiro atoms. The predicted molar refractivity (Wildman–Crippen MR) is 144 cm³/mol. The van der Waals surface area contributed by atoms with E-state index in [1.165, 1.54) is 5.56 Å². The first-order chi connectivity index (χ1) is 16.5. The van der Waals surface area contributed by atoms with Gasteiger partial charge in [-0.05, 0) is 45.9 Å². The molecule has 0 unspecified atom stereocenters. The first kappa shape index (κ1) is 24.6. The van der Waals surface area contributed by atoms with Crippen LogP contribution in [0, 0.1) is 3.57 Å². The summed E-state index contributed by atoms with van der Waals surface area (Å²) in [5.41, 5.74) is 8.38. The average Bonchev–Trinajstić information content (AvgIpc) is 2.81. The van der Waals surface area contributed by atoms with Crippen LogP contribution in [0.3, 0.4) is 0 Å². The molecule has 2 heterocycles. The number of likely N-dealkylation sites (tertiary alicyclic amines) is 1. The van der Waals surface area contributed by atoms with E-state index in [4.69, 9.17) is 17.3 Å². The van der Waals surface area contributed by atoms with Gasteiger partial charge in [-0.15, -0.1) is 0 Å². The molecule has 3 aromatic rings. The number of nitrogen functional groups attached to an aromatic ring is 1. The van der Waals surface area contributed by atoms with Gasteiger partial charge in [-0.25, -0.2) is 9.97 Å². The summed E-state index contributed by atoms with van der Waals surface area (Å²) < 4.78 is 1.16. The van der Waals surface area contributed by atoms with Gasteiger partial charge in [0.15, 0.2) is 22.5 Å². The van der Waals surface area contributed by atoms with Crippen molar-refractivity contribution in [3.05, 3.63) is 80.1 Å². The normalized spacial score (nSPS) is 13.9. The summed E-state index contributed by atoms with van der Waals surface area (Å²) in [5, 5.41) is 9.64. The monoisotopic (exact) mass is 591 g/mol. The number of benzene rings is 2. The second-order valence-corrected chi connectivity index (χ2v) is 9.76. The number of carbonyl (C=O) groups excluding carboxylic acids is 1. The first-order valence-corrected chi connectivity index (χ1v) is 12.5. The summed E-state index contributed by atoms with van der Waals surface area (Å²) in [6.07, 6.45) is 0. The Kier molecular flexibility index (Phi) is 8.54. The van der Waals surface area contributed by atoms with Crippen LogP contribution in [-0.4, -0.2) is 53.0 Å². The number of hydrogen-bond acceptors (Lipinski definition) is 7. The van der Waals surface area contributed by atoms with Gasteiger partial charge in [-0.2, -0.15) is 0 Å². The third kappa shape index (κ3) is 6.78. The van der Waals surface area contributed by atoms with Gasteiger partial charge < -0.3 is 21.7 Å². The fourth-order valence-electron chi connectivity index (χ4n) is 3.65. The van der Waals surface area contributed by atoms with Crippen molar-refractivity contribution in [2.24, 2.45) is 0 Å². The van der Waals surface area contributed by atoms with Crippen molar-refractivity contribution in [1.29, 1.82) is 0 Å². The number of halogens is 2. The molecule has 0 atom stereocenters. The van der Waals surface area contributed by atoms with Crippen LogP contribution < -0.4 is 21.7 Å². The molecule has 1 aliphatic rings. The van der Waals surface area contributed by atoms with Gasteiger partial charge in [0.25, 0.3) is 5.91 Å². The van der Waals surface area contributed by atoms with E-state index in [0.717, 1.165) is 35.3 Å². The Morgan fingerprint density at radius 3 is 2.50 bits per heavy atom. The quantitative estimate of drug-likeness (QED) is 0.268. The molecule has 1 fully saturated rings. The summed E-state index contributed by atoms with van der Waals surface area (Å²) in [7, 11) is 0. The molecule has 0 bridgehead atoms. The second-order valence-electron chi connectivity index (χ2n) is 8.16. The Balaban J connectivity index is 1.19. The van der Waals surface area contributed by atoms with Gasteiger partial charge in [-0.1, -0.05) is 54.1 Å². The van der Waals surface area contributed by atoms with E-state index >= 15 is 0 Å². The molecule has 1 aromatic heterocycles. The highest BCUT2D eigenvalue weighted by atomic mass is 127. The number of hydrogen-bond donors (Lipinski definition) is 4. The van der Waals surface area contributed by atoms with Crippen molar-refractivity contribution in [2.75, 3.05) is 37.2 Å². The Bertz CT molecular complexity index is 1110. The Morgan fingerprint density at radius 2 is 1.76 bits per heavy atom. The fourth-order valence-corrected chi connectivity index (χ4v) is 4.20. The maximum atomic E-state index is 12.5. The maximum absolute atomic E-state index is 12.5.